The van der Waals surface area contributed by atoms with E-state index in [2.05, 4.69) is 0 Å². The van der Waals surface area contributed by atoms with Crippen molar-refractivity contribution in [2.24, 2.45) is 0 Å². The normalized spacial score (nSPS) is 20.0. The van der Waals surface area contributed by atoms with Crippen LogP contribution in [0.3, 0.4) is 0 Å². The molecular formula is C12H12ClFO2. The number of benzene rings is 1. The van der Waals surface area contributed by atoms with Crippen molar-refractivity contribution in [2.45, 2.75) is 19.1 Å². The van der Waals surface area contributed by atoms with E-state index in [4.69, 9.17) is 21.1 Å². The predicted molar refractivity (Wildman–Crippen MR) is 59.6 cm³/mol. The van der Waals surface area contributed by atoms with Crippen LogP contribution >= 0.6 is 11.6 Å². The average Bonchev–Trinajstić information content (AvgIpc) is 2.60. The summed E-state index contributed by atoms with van der Waals surface area (Å²) >= 11 is 5.58. The van der Waals surface area contributed by atoms with Crippen molar-refractivity contribution >= 4 is 11.6 Å². The van der Waals surface area contributed by atoms with Gasteiger partial charge in [0.15, 0.2) is 0 Å². The van der Waals surface area contributed by atoms with Gasteiger partial charge in [0.2, 0.25) is 0 Å². The lowest BCUT2D eigenvalue weighted by Crippen LogP contribution is -2.14. The third-order valence-electron chi connectivity index (χ3n) is 2.31. The Morgan fingerprint density at radius 1 is 1.38 bits per heavy atom. The fraction of sp³-hybridized carbons (Fsp3) is 0.333. The molecule has 1 atom stereocenters. The molecule has 2 nitrogen and oxygen atoms in total. The van der Waals surface area contributed by atoms with Gasteiger partial charge in [0.1, 0.15) is 6.10 Å². The fourth-order valence-electron chi connectivity index (χ4n) is 1.51. The number of rotatable bonds is 4. The largest absolute Gasteiger partial charge is 0.464 e. The highest BCUT2D eigenvalue weighted by Gasteiger charge is 2.24. The summed E-state index contributed by atoms with van der Waals surface area (Å²) in [6, 6.07) is 9.12. The van der Waals surface area contributed by atoms with Crippen LogP contribution in [0.5, 0.6) is 0 Å². The van der Waals surface area contributed by atoms with Crippen molar-refractivity contribution < 1.29 is 13.9 Å². The summed E-state index contributed by atoms with van der Waals surface area (Å²) in [5.41, 5.74) is 1.08. The Labute approximate surface area is 98.6 Å². The minimum atomic E-state index is -0.671. The Balaban J connectivity index is 1.71. The van der Waals surface area contributed by atoms with E-state index in [1.54, 1.807) is 0 Å². The maximum absolute atomic E-state index is 12.8. The van der Waals surface area contributed by atoms with E-state index in [0.29, 0.717) is 19.6 Å². The quantitative estimate of drug-likeness (QED) is 0.806. The molecule has 1 aliphatic heterocycles. The van der Waals surface area contributed by atoms with E-state index in [9.17, 15) is 4.39 Å². The van der Waals surface area contributed by atoms with E-state index < -0.39 is 6.01 Å². The Morgan fingerprint density at radius 2 is 2.12 bits per heavy atom. The molecule has 0 fully saturated rings. The molecule has 0 bridgehead atoms. The van der Waals surface area contributed by atoms with Gasteiger partial charge in [-0.15, -0.1) is 0 Å². The second kappa shape index (κ2) is 5.32. The monoisotopic (exact) mass is 242 g/mol. The highest BCUT2D eigenvalue weighted by Crippen LogP contribution is 2.28. The first-order chi connectivity index (χ1) is 7.75. The molecule has 16 heavy (non-hydrogen) atoms. The molecule has 0 saturated heterocycles. The minimum Gasteiger partial charge on any atom is -0.464 e. The van der Waals surface area contributed by atoms with Gasteiger partial charge in [-0.25, -0.2) is 0 Å². The predicted octanol–water partition coefficient (Wildman–Crippen LogP) is 3.37. The summed E-state index contributed by atoms with van der Waals surface area (Å²) < 4.78 is 23.1. The van der Waals surface area contributed by atoms with Crippen molar-refractivity contribution in [3.8, 4) is 0 Å². The number of hydrogen-bond acceptors (Lipinski definition) is 2. The molecule has 0 radical (unpaired) electrons. The molecule has 0 amide bonds. The molecule has 0 aliphatic carbocycles. The van der Waals surface area contributed by atoms with Crippen molar-refractivity contribution in [1.82, 2.24) is 0 Å². The summed E-state index contributed by atoms with van der Waals surface area (Å²) in [6.45, 7) is 0.846. The van der Waals surface area contributed by atoms with Crippen LogP contribution in [0.25, 0.3) is 0 Å². The molecule has 0 spiro atoms. The van der Waals surface area contributed by atoms with Gasteiger partial charge in [-0.2, -0.15) is 4.39 Å². The van der Waals surface area contributed by atoms with Gasteiger partial charge in [-0.3, -0.25) is 0 Å². The molecule has 1 heterocycles. The Morgan fingerprint density at radius 3 is 2.75 bits per heavy atom. The fourth-order valence-corrected chi connectivity index (χ4v) is 1.72. The summed E-state index contributed by atoms with van der Waals surface area (Å²) in [7, 11) is 0. The van der Waals surface area contributed by atoms with Crippen LogP contribution in [0.15, 0.2) is 41.4 Å². The zero-order chi connectivity index (χ0) is 11.4. The molecule has 86 valence electrons. The highest BCUT2D eigenvalue weighted by molar-refractivity contribution is 6.29. The number of halogens is 2. The number of hydrogen-bond donors (Lipinski definition) is 0. The SMILES string of the molecule is FC1=C(Cl)C[C@H](COCc2ccccc2)O1. The first-order valence-corrected chi connectivity index (χ1v) is 5.46. The van der Waals surface area contributed by atoms with Crippen LogP contribution in [-0.2, 0) is 16.1 Å². The molecular weight excluding hydrogens is 231 g/mol. The van der Waals surface area contributed by atoms with Crippen LogP contribution in [0.2, 0.25) is 0 Å². The lowest BCUT2D eigenvalue weighted by atomic mass is 10.2. The first kappa shape index (κ1) is 11.4. The lowest BCUT2D eigenvalue weighted by molar-refractivity contribution is 0.00583. The van der Waals surface area contributed by atoms with E-state index in [-0.39, 0.29) is 11.1 Å². The van der Waals surface area contributed by atoms with Crippen LogP contribution in [0.4, 0.5) is 4.39 Å². The Hall–Kier alpha value is -1.06. The van der Waals surface area contributed by atoms with Crippen molar-refractivity contribution in [1.29, 1.82) is 0 Å². The van der Waals surface area contributed by atoms with Crippen molar-refractivity contribution in [2.75, 3.05) is 6.61 Å². The molecule has 1 aromatic carbocycles. The average molecular weight is 243 g/mol. The summed E-state index contributed by atoms with van der Waals surface area (Å²) in [4.78, 5) is 0. The van der Waals surface area contributed by atoms with Crippen LogP contribution in [-0.4, -0.2) is 12.7 Å². The van der Waals surface area contributed by atoms with Gasteiger partial charge >= 0.3 is 0 Å². The summed E-state index contributed by atoms with van der Waals surface area (Å²) in [5.74, 6) is 0. The summed E-state index contributed by atoms with van der Waals surface area (Å²) in [5, 5.41) is 0.147. The smallest absolute Gasteiger partial charge is 0.288 e. The number of ether oxygens (including phenoxy) is 2. The van der Waals surface area contributed by atoms with Gasteiger partial charge in [-0.1, -0.05) is 41.9 Å². The third kappa shape index (κ3) is 2.97. The molecule has 4 heteroatoms. The van der Waals surface area contributed by atoms with Gasteiger partial charge in [0.05, 0.1) is 18.2 Å². The van der Waals surface area contributed by atoms with Crippen LogP contribution < -0.4 is 0 Å². The second-order valence-electron chi connectivity index (χ2n) is 3.62. The topological polar surface area (TPSA) is 18.5 Å². The zero-order valence-corrected chi connectivity index (χ0v) is 9.41. The molecule has 0 unspecified atom stereocenters. The van der Waals surface area contributed by atoms with Gasteiger partial charge in [0, 0.05) is 6.42 Å². The molecule has 0 saturated carbocycles. The maximum atomic E-state index is 12.8. The van der Waals surface area contributed by atoms with Crippen LogP contribution in [0.1, 0.15) is 12.0 Å². The molecule has 1 aromatic rings. The standard InChI is InChI=1S/C12H12ClFO2/c13-11-6-10(16-12(11)14)8-15-7-9-4-2-1-3-5-9/h1-5,10H,6-8H2/t10-/m1/s1. The van der Waals surface area contributed by atoms with E-state index in [1.807, 2.05) is 30.3 Å². The lowest BCUT2D eigenvalue weighted by Gasteiger charge is -2.10. The maximum Gasteiger partial charge on any atom is 0.288 e. The highest BCUT2D eigenvalue weighted by atomic mass is 35.5. The third-order valence-corrected chi connectivity index (χ3v) is 2.61. The van der Waals surface area contributed by atoms with Gasteiger partial charge < -0.3 is 9.47 Å². The van der Waals surface area contributed by atoms with Crippen LogP contribution in [0, 0.1) is 0 Å². The van der Waals surface area contributed by atoms with Gasteiger partial charge in [0.25, 0.3) is 6.01 Å². The minimum absolute atomic E-state index is 0.147. The van der Waals surface area contributed by atoms with E-state index in [0.717, 1.165) is 5.56 Å². The Bertz CT molecular complexity index is 364. The van der Waals surface area contributed by atoms with E-state index in [1.165, 1.54) is 0 Å². The first-order valence-electron chi connectivity index (χ1n) is 5.08. The Kier molecular flexibility index (Phi) is 3.80. The molecule has 1 aliphatic rings. The summed E-state index contributed by atoms with van der Waals surface area (Å²) in [6.07, 6.45) is 0.0959. The zero-order valence-electron chi connectivity index (χ0n) is 8.66. The molecule has 0 aromatic heterocycles. The molecule has 0 N–H and O–H groups in total. The van der Waals surface area contributed by atoms with E-state index >= 15 is 0 Å². The molecule has 2 rings (SSSR count). The van der Waals surface area contributed by atoms with Crippen molar-refractivity contribution in [3.63, 3.8) is 0 Å². The van der Waals surface area contributed by atoms with Crippen molar-refractivity contribution in [3.05, 3.63) is 46.9 Å². The van der Waals surface area contributed by atoms with Gasteiger partial charge in [-0.05, 0) is 5.56 Å². The second-order valence-corrected chi connectivity index (χ2v) is 4.08.